The standard InChI is InChI=1S/C7H16N2.C7H12N2/c2*1-9-6-2-3-7(9)4-5-8/h7H,2-6,8H2,1H3;7H,2-4,6H2,1H3/t2*7-/m00/s1. The number of rotatable bonds is 3. The average Bonchev–Trinajstić information content (AvgIpc) is 2.92. The van der Waals surface area contributed by atoms with E-state index in [1.54, 1.807) is 0 Å². The van der Waals surface area contributed by atoms with Crippen LogP contribution in [0, 0.1) is 11.3 Å². The number of nitrogens with zero attached hydrogens (tertiary/aromatic N) is 3. The van der Waals surface area contributed by atoms with Crippen LogP contribution in [0.1, 0.15) is 38.5 Å². The Morgan fingerprint density at radius 3 is 2.06 bits per heavy atom. The van der Waals surface area contributed by atoms with Crippen molar-refractivity contribution in [2.75, 3.05) is 33.7 Å². The Bertz CT molecular complexity index is 261. The number of hydrogen-bond acceptors (Lipinski definition) is 4. The van der Waals surface area contributed by atoms with Crippen LogP contribution in [0.5, 0.6) is 0 Å². The molecule has 2 N–H and O–H groups in total. The summed E-state index contributed by atoms with van der Waals surface area (Å²) in [5.41, 5.74) is 5.44. The third-order valence-corrected chi connectivity index (χ3v) is 4.17. The van der Waals surface area contributed by atoms with Crippen molar-refractivity contribution in [3.8, 4) is 6.07 Å². The van der Waals surface area contributed by atoms with Crippen LogP contribution in [0.4, 0.5) is 0 Å². The van der Waals surface area contributed by atoms with E-state index in [2.05, 4.69) is 30.0 Å². The molecule has 2 atom stereocenters. The van der Waals surface area contributed by atoms with Gasteiger partial charge in [-0.25, -0.2) is 0 Å². The molecule has 4 heteroatoms. The largest absolute Gasteiger partial charge is 0.330 e. The summed E-state index contributed by atoms with van der Waals surface area (Å²) in [6.45, 7) is 3.28. The second kappa shape index (κ2) is 8.47. The van der Waals surface area contributed by atoms with E-state index in [9.17, 15) is 0 Å². The van der Waals surface area contributed by atoms with Gasteiger partial charge in [0.15, 0.2) is 0 Å². The maximum Gasteiger partial charge on any atom is 0.0638 e. The molecule has 0 saturated carbocycles. The molecule has 0 aromatic heterocycles. The van der Waals surface area contributed by atoms with Gasteiger partial charge in [-0.1, -0.05) is 0 Å². The molecule has 2 fully saturated rings. The highest BCUT2D eigenvalue weighted by atomic mass is 15.1. The van der Waals surface area contributed by atoms with E-state index in [-0.39, 0.29) is 0 Å². The van der Waals surface area contributed by atoms with Crippen LogP contribution in [-0.2, 0) is 0 Å². The fraction of sp³-hybridized carbons (Fsp3) is 0.929. The first-order valence-corrected chi connectivity index (χ1v) is 7.16. The second-order valence-electron chi connectivity index (χ2n) is 5.49. The molecule has 2 heterocycles. The van der Waals surface area contributed by atoms with Crippen molar-refractivity contribution in [1.82, 2.24) is 9.80 Å². The van der Waals surface area contributed by atoms with Gasteiger partial charge in [-0.3, -0.25) is 0 Å². The van der Waals surface area contributed by atoms with Crippen LogP contribution in [0.2, 0.25) is 0 Å². The Kier molecular flexibility index (Phi) is 7.26. The first-order chi connectivity index (χ1) is 8.69. The zero-order valence-electron chi connectivity index (χ0n) is 11.9. The molecule has 2 aliphatic rings. The quantitative estimate of drug-likeness (QED) is 0.825. The monoisotopic (exact) mass is 252 g/mol. The van der Waals surface area contributed by atoms with E-state index in [1.807, 2.05) is 0 Å². The molecule has 2 aliphatic heterocycles. The minimum Gasteiger partial charge on any atom is -0.330 e. The number of likely N-dealkylation sites (tertiary alicyclic amines) is 2. The highest BCUT2D eigenvalue weighted by Crippen LogP contribution is 2.17. The predicted octanol–water partition coefficient (Wildman–Crippen LogP) is 1.42. The highest BCUT2D eigenvalue weighted by Gasteiger charge is 2.19. The molecule has 0 aromatic rings. The van der Waals surface area contributed by atoms with Crippen molar-refractivity contribution in [3.63, 3.8) is 0 Å². The molecular weight excluding hydrogens is 224 g/mol. The molecule has 0 aliphatic carbocycles. The molecule has 0 aromatic carbocycles. The Morgan fingerprint density at radius 1 is 1.11 bits per heavy atom. The smallest absolute Gasteiger partial charge is 0.0638 e. The second-order valence-corrected chi connectivity index (χ2v) is 5.49. The third kappa shape index (κ3) is 4.93. The molecule has 0 unspecified atom stereocenters. The molecule has 4 nitrogen and oxygen atoms in total. The summed E-state index contributed by atoms with van der Waals surface area (Å²) in [4.78, 5) is 4.68. The van der Waals surface area contributed by atoms with Crippen LogP contribution >= 0.6 is 0 Å². The Labute approximate surface area is 112 Å². The summed E-state index contributed by atoms with van der Waals surface area (Å²) in [6, 6.07) is 3.54. The summed E-state index contributed by atoms with van der Waals surface area (Å²) < 4.78 is 0. The maximum atomic E-state index is 8.37. The lowest BCUT2D eigenvalue weighted by Gasteiger charge is -2.17. The summed E-state index contributed by atoms with van der Waals surface area (Å²) >= 11 is 0. The zero-order valence-corrected chi connectivity index (χ0v) is 11.9. The molecule has 2 rings (SSSR count). The Hall–Kier alpha value is -0.630. The van der Waals surface area contributed by atoms with Gasteiger partial charge in [-0.05, 0) is 65.8 Å². The number of hydrogen-bond donors (Lipinski definition) is 1. The highest BCUT2D eigenvalue weighted by molar-refractivity contribution is 4.85. The summed E-state index contributed by atoms with van der Waals surface area (Å²) in [5.74, 6) is 0. The molecule has 104 valence electrons. The van der Waals surface area contributed by atoms with Gasteiger partial charge in [0.05, 0.1) is 12.5 Å². The van der Waals surface area contributed by atoms with E-state index >= 15 is 0 Å². The Balaban J connectivity index is 0.000000180. The molecule has 2 saturated heterocycles. The normalized spacial score (nSPS) is 28.8. The van der Waals surface area contributed by atoms with Gasteiger partial charge in [0.2, 0.25) is 0 Å². The minimum absolute atomic E-state index is 0.551. The van der Waals surface area contributed by atoms with Crippen LogP contribution in [0.25, 0.3) is 0 Å². The third-order valence-electron chi connectivity index (χ3n) is 4.17. The minimum atomic E-state index is 0.551. The van der Waals surface area contributed by atoms with Crippen molar-refractivity contribution in [2.24, 2.45) is 5.73 Å². The first-order valence-electron chi connectivity index (χ1n) is 7.16. The van der Waals surface area contributed by atoms with Gasteiger partial charge in [0, 0.05) is 12.1 Å². The lowest BCUT2D eigenvalue weighted by atomic mass is 10.1. The van der Waals surface area contributed by atoms with Crippen molar-refractivity contribution < 1.29 is 0 Å². The summed E-state index contributed by atoms with van der Waals surface area (Å²) in [7, 11) is 4.28. The molecule has 18 heavy (non-hydrogen) atoms. The fourth-order valence-corrected chi connectivity index (χ4v) is 2.88. The van der Waals surface area contributed by atoms with E-state index in [4.69, 9.17) is 11.0 Å². The van der Waals surface area contributed by atoms with Crippen LogP contribution in [0.15, 0.2) is 0 Å². The lowest BCUT2D eigenvalue weighted by molar-refractivity contribution is 0.299. The van der Waals surface area contributed by atoms with Crippen molar-refractivity contribution in [1.29, 1.82) is 5.26 Å². The lowest BCUT2D eigenvalue weighted by Crippen LogP contribution is -2.27. The van der Waals surface area contributed by atoms with Crippen LogP contribution in [0.3, 0.4) is 0 Å². The van der Waals surface area contributed by atoms with Gasteiger partial charge in [-0.15, -0.1) is 0 Å². The zero-order chi connectivity index (χ0) is 13.4. The predicted molar refractivity (Wildman–Crippen MR) is 75.2 cm³/mol. The van der Waals surface area contributed by atoms with E-state index < -0.39 is 0 Å². The van der Waals surface area contributed by atoms with Gasteiger partial charge in [-0.2, -0.15) is 5.26 Å². The molecule has 0 bridgehead atoms. The average molecular weight is 252 g/mol. The van der Waals surface area contributed by atoms with Crippen LogP contribution in [-0.4, -0.2) is 55.6 Å². The molecule has 0 amide bonds. The number of nitrogens with two attached hydrogens (primary N) is 1. The summed E-state index contributed by atoms with van der Waals surface area (Å²) in [5, 5.41) is 8.37. The van der Waals surface area contributed by atoms with Crippen LogP contribution < -0.4 is 5.73 Å². The van der Waals surface area contributed by atoms with Crippen molar-refractivity contribution in [2.45, 2.75) is 50.6 Å². The van der Waals surface area contributed by atoms with Gasteiger partial charge >= 0.3 is 0 Å². The summed E-state index contributed by atoms with van der Waals surface area (Å²) in [6.07, 6.45) is 7.08. The Morgan fingerprint density at radius 2 is 1.67 bits per heavy atom. The van der Waals surface area contributed by atoms with Gasteiger partial charge in [0.25, 0.3) is 0 Å². The molecule has 0 spiro atoms. The van der Waals surface area contributed by atoms with Gasteiger partial charge < -0.3 is 15.5 Å². The molecular formula is C14H28N4. The SMILES string of the molecule is CN1CCC[C@H]1CC#N.CN1CCC[C@H]1CCN. The fourth-order valence-electron chi connectivity index (χ4n) is 2.88. The maximum absolute atomic E-state index is 8.37. The van der Waals surface area contributed by atoms with Crippen molar-refractivity contribution >= 4 is 0 Å². The van der Waals surface area contributed by atoms with E-state index in [1.165, 1.54) is 45.2 Å². The molecule has 0 radical (unpaired) electrons. The van der Waals surface area contributed by atoms with E-state index in [0.29, 0.717) is 12.5 Å². The van der Waals surface area contributed by atoms with Crippen molar-refractivity contribution in [3.05, 3.63) is 0 Å². The first kappa shape index (κ1) is 15.4. The van der Waals surface area contributed by atoms with E-state index in [0.717, 1.165) is 12.6 Å². The van der Waals surface area contributed by atoms with Gasteiger partial charge in [0.1, 0.15) is 0 Å². The number of nitriles is 1. The topological polar surface area (TPSA) is 56.3 Å².